The molecule has 1 aliphatic carbocycles. The quantitative estimate of drug-likeness (QED) is 0.872. The Balaban J connectivity index is 1.80. The van der Waals surface area contributed by atoms with E-state index in [1.54, 1.807) is 24.3 Å². The first-order valence-corrected chi connectivity index (χ1v) is 7.97. The molecule has 2 aromatic rings. The summed E-state index contributed by atoms with van der Waals surface area (Å²) in [6.07, 6.45) is 4.29. The Bertz CT molecular complexity index is 771. The number of rotatable bonds is 3. The molecule has 1 aliphatic rings. The number of benzene rings is 1. The third-order valence-corrected chi connectivity index (χ3v) is 4.82. The molecular formula is C15H12ClN2O3S-. The second kappa shape index (κ2) is 6.06. The van der Waals surface area contributed by atoms with Crippen LogP contribution in [0.5, 0.6) is 0 Å². The first kappa shape index (κ1) is 15.0. The van der Waals surface area contributed by atoms with Gasteiger partial charge in [-0.15, -0.1) is 0 Å². The molecule has 0 saturated heterocycles. The van der Waals surface area contributed by atoms with Gasteiger partial charge >= 0.3 is 0 Å². The summed E-state index contributed by atoms with van der Waals surface area (Å²) >= 11 is 7.23. The molecule has 0 unspecified atom stereocenters. The lowest BCUT2D eigenvalue weighted by atomic mass is 9.82. The number of anilines is 1. The number of aliphatic carboxylic acids is 1. The van der Waals surface area contributed by atoms with Crippen molar-refractivity contribution in [3.8, 4) is 0 Å². The molecule has 7 heteroatoms. The number of carbonyl (C=O) groups is 2. The minimum atomic E-state index is -1.19. The van der Waals surface area contributed by atoms with E-state index in [0.29, 0.717) is 23.0 Å². The van der Waals surface area contributed by atoms with Crippen LogP contribution >= 0.6 is 22.9 Å². The molecular weight excluding hydrogens is 324 g/mol. The Morgan fingerprint density at radius 3 is 2.73 bits per heavy atom. The number of aromatic nitrogens is 1. The van der Waals surface area contributed by atoms with Gasteiger partial charge in [0.1, 0.15) is 0 Å². The van der Waals surface area contributed by atoms with Gasteiger partial charge in [0.15, 0.2) is 5.13 Å². The fraction of sp³-hybridized carbons (Fsp3) is 0.267. The van der Waals surface area contributed by atoms with Gasteiger partial charge in [0.05, 0.1) is 16.1 Å². The van der Waals surface area contributed by atoms with Crippen LogP contribution < -0.4 is 10.4 Å². The molecule has 2 atom stereocenters. The third-order valence-electron chi connectivity index (χ3n) is 3.65. The molecule has 1 N–H and O–H groups in total. The molecule has 0 saturated carbocycles. The van der Waals surface area contributed by atoms with Crippen molar-refractivity contribution in [2.45, 2.75) is 12.8 Å². The highest BCUT2D eigenvalue weighted by Crippen LogP contribution is 2.30. The van der Waals surface area contributed by atoms with Crippen molar-refractivity contribution < 1.29 is 14.7 Å². The smallest absolute Gasteiger partial charge is 0.230 e. The number of nitrogens with one attached hydrogen (secondary N) is 1. The molecule has 114 valence electrons. The molecule has 0 fully saturated rings. The van der Waals surface area contributed by atoms with E-state index in [2.05, 4.69) is 10.3 Å². The Morgan fingerprint density at radius 2 is 2.00 bits per heavy atom. The van der Waals surface area contributed by atoms with Crippen molar-refractivity contribution in [2.75, 3.05) is 5.32 Å². The lowest BCUT2D eigenvalue weighted by Crippen LogP contribution is -2.41. The van der Waals surface area contributed by atoms with Gasteiger partial charge < -0.3 is 15.2 Å². The van der Waals surface area contributed by atoms with E-state index in [-0.39, 0.29) is 5.91 Å². The monoisotopic (exact) mass is 335 g/mol. The highest BCUT2D eigenvalue weighted by Gasteiger charge is 2.30. The summed E-state index contributed by atoms with van der Waals surface area (Å²) < 4.78 is 0.864. The van der Waals surface area contributed by atoms with Crippen LogP contribution in [-0.4, -0.2) is 16.9 Å². The van der Waals surface area contributed by atoms with Gasteiger partial charge in [-0.1, -0.05) is 35.1 Å². The topological polar surface area (TPSA) is 82.1 Å². The van der Waals surface area contributed by atoms with Crippen LogP contribution in [0.4, 0.5) is 5.13 Å². The number of carbonyl (C=O) groups excluding carboxylic acids is 2. The van der Waals surface area contributed by atoms with Gasteiger partial charge in [0, 0.05) is 16.9 Å². The number of nitrogens with zero attached hydrogens (tertiary/aromatic N) is 1. The highest BCUT2D eigenvalue weighted by atomic mass is 35.5. The molecule has 0 aliphatic heterocycles. The van der Waals surface area contributed by atoms with E-state index in [0.717, 1.165) is 10.2 Å². The van der Waals surface area contributed by atoms with Crippen molar-refractivity contribution >= 4 is 50.2 Å². The summed E-state index contributed by atoms with van der Waals surface area (Å²) in [5.41, 5.74) is 0.740. The fourth-order valence-corrected chi connectivity index (χ4v) is 3.66. The van der Waals surface area contributed by atoms with Gasteiger partial charge in [0.2, 0.25) is 5.91 Å². The van der Waals surface area contributed by atoms with E-state index < -0.39 is 17.8 Å². The molecule has 0 bridgehead atoms. The van der Waals surface area contributed by atoms with Gasteiger partial charge in [-0.2, -0.15) is 0 Å². The lowest BCUT2D eigenvalue weighted by molar-refractivity contribution is -0.313. The largest absolute Gasteiger partial charge is 0.550 e. The van der Waals surface area contributed by atoms with Crippen LogP contribution in [0.2, 0.25) is 5.02 Å². The van der Waals surface area contributed by atoms with Crippen molar-refractivity contribution in [2.24, 2.45) is 11.8 Å². The van der Waals surface area contributed by atoms with E-state index in [4.69, 9.17) is 11.6 Å². The molecule has 1 amide bonds. The number of amides is 1. The fourth-order valence-electron chi connectivity index (χ4n) is 2.51. The highest BCUT2D eigenvalue weighted by molar-refractivity contribution is 7.22. The zero-order valence-electron chi connectivity index (χ0n) is 11.4. The average molecular weight is 336 g/mol. The number of allylic oxidation sites excluding steroid dienone is 2. The maximum Gasteiger partial charge on any atom is 0.230 e. The molecule has 1 aromatic carbocycles. The maximum absolute atomic E-state index is 12.3. The van der Waals surface area contributed by atoms with Crippen molar-refractivity contribution in [3.63, 3.8) is 0 Å². The van der Waals surface area contributed by atoms with Crippen LogP contribution in [0.1, 0.15) is 12.8 Å². The lowest BCUT2D eigenvalue weighted by Gasteiger charge is -2.27. The molecule has 0 radical (unpaired) electrons. The van der Waals surface area contributed by atoms with Gasteiger partial charge in [-0.25, -0.2) is 4.98 Å². The summed E-state index contributed by atoms with van der Waals surface area (Å²) in [5, 5.41) is 14.9. The van der Waals surface area contributed by atoms with Crippen LogP contribution in [-0.2, 0) is 9.59 Å². The maximum atomic E-state index is 12.3. The second-order valence-corrected chi connectivity index (χ2v) is 6.56. The van der Waals surface area contributed by atoms with Crippen LogP contribution in [0, 0.1) is 11.8 Å². The summed E-state index contributed by atoms with van der Waals surface area (Å²) in [7, 11) is 0. The van der Waals surface area contributed by atoms with E-state index >= 15 is 0 Å². The molecule has 1 aromatic heterocycles. The minimum Gasteiger partial charge on any atom is -0.550 e. The zero-order valence-corrected chi connectivity index (χ0v) is 13.0. The first-order valence-electron chi connectivity index (χ1n) is 6.77. The predicted octanol–water partition coefficient (Wildman–Crippen LogP) is 2.22. The van der Waals surface area contributed by atoms with Crippen LogP contribution in [0.15, 0.2) is 30.4 Å². The van der Waals surface area contributed by atoms with E-state index in [9.17, 15) is 14.7 Å². The summed E-state index contributed by atoms with van der Waals surface area (Å²) in [6.45, 7) is 0. The summed E-state index contributed by atoms with van der Waals surface area (Å²) in [4.78, 5) is 27.8. The number of hydrogen-bond acceptors (Lipinski definition) is 5. The van der Waals surface area contributed by atoms with E-state index in [1.165, 1.54) is 11.3 Å². The number of carboxylic acid groups (broad SMARTS) is 1. The van der Waals surface area contributed by atoms with Crippen LogP contribution in [0.3, 0.4) is 0 Å². The molecule has 5 nitrogen and oxygen atoms in total. The normalized spacial score (nSPS) is 21.0. The number of fused-ring (bicyclic) bond motifs is 1. The van der Waals surface area contributed by atoms with Crippen molar-refractivity contribution in [1.29, 1.82) is 0 Å². The number of carboxylic acids is 1. The molecule has 1 heterocycles. The Labute approximate surface area is 135 Å². The van der Waals surface area contributed by atoms with Gasteiger partial charge in [-0.05, 0) is 31.0 Å². The summed E-state index contributed by atoms with van der Waals surface area (Å²) in [6, 6.07) is 5.28. The number of halogens is 1. The van der Waals surface area contributed by atoms with Gasteiger partial charge in [-0.3, -0.25) is 4.79 Å². The minimum absolute atomic E-state index is 0.315. The van der Waals surface area contributed by atoms with E-state index in [1.807, 2.05) is 6.08 Å². The number of thiazole rings is 1. The Kier molecular flexibility index (Phi) is 4.13. The second-order valence-electron chi connectivity index (χ2n) is 5.10. The van der Waals surface area contributed by atoms with Crippen LogP contribution in [0.25, 0.3) is 10.2 Å². The Hall–Kier alpha value is -1.92. The molecule has 0 spiro atoms. The zero-order chi connectivity index (χ0) is 15.7. The molecule has 3 rings (SSSR count). The average Bonchev–Trinajstić information content (AvgIpc) is 2.88. The third kappa shape index (κ3) is 2.98. The standard InChI is InChI=1S/C15H13ClN2O3S/c16-8-5-6-11-12(7-8)22-15(17-11)18-13(19)9-3-1-2-4-10(9)14(20)21/h1-2,5-7,9-10H,3-4H2,(H,20,21)(H,17,18,19)/p-1/t9-,10+/m1/s1. The Morgan fingerprint density at radius 1 is 1.27 bits per heavy atom. The SMILES string of the molecule is O=C([O-])[C@H]1CC=CC[C@H]1C(=O)Nc1nc2ccc(Cl)cc2s1. The number of hydrogen-bond donors (Lipinski definition) is 1. The summed E-state index contributed by atoms with van der Waals surface area (Å²) in [5.74, 6) is -2.97. The predicted molar refractivity (Wildman–Crippen MR) is 83.6 cm³/mol. The molecule has 22 heavy (non-hydrogen) atoms. The van der Waals surface area contributed by atoms with Gasteiger partial charge in [0.25, 0.3) is 0 Å². The van der Waals surface area contributed by atoms with Crippen molar-refractivity contribution in [3.05, 3.63) is 35.4 Å². The van der Waals surface area contributed by atoms with Crippen molar-refractivity contribution in [1.82, 2.24) is 4.98 Å². The first-order chi connectivity index (χ1) is 10.5.